The maximum atomic E-state index is 12.1. The monoisotopic (exact) mass is 332 g/mol. The molecular weight excluding hydrogens is 300 g/mol. The molecule has 0 spiro atoms. The number of hydrogen-bond acceptors (Lipinski definition) is 3. The van der Waals surface area contributed by atoms with E-state index in [0.717, 1.165) is 25.8 Å². The number of aliphatic hydroxyl groups excluding tert-OH is 1. The number of amides is 1. The molecule has 1 fully saturated rings. The maximum absolute atomic E-state index is 12.1. The molecule has 3 N–H and O–H groups in total. The highest BCUT2D eigenvalue weighted by atomic mass is 16.3. The van der Waals surface area contributed by atoms with Gasteiger partial charge in [-0.25, -0.2) is 0 Å². The summed E-state index contributed by atoms with van der Waals surface area (Å²) in [6.07, 6.45) is 3.02. The summed E-state index contributed by atoms with van der Waals surface area (Å²) in [6.45, 7) is 6.95. The minimum atomic E-state index is -0.493. The Labute approximate surface area is 146 Å². The van der Waals surface area contributed by atoms with Crippen LogP contribution in [0.5, 0.6) is 0 Å². The van der Waals surface area contributed by atoms with Gasteiger partial charge in [-0.15, -0.1) is 0 Å². The van der Waals surface area contributed by atoms with E-state index in [9.17, 15) is 9.90 Å². The Morgan fingerprint density at radius 2 is 2.08 bits per heavy atom. The van der Waals surface area contributed by atoms with Crippen LogP contribution in [0.1, 0.15) is 58.1 Å². The van der Waals surface area contributed by atoms with E-state index < -0.39 is 6.10 Å². The smallest absolute Gasteiger partial charge is 0.222 e. The molecule has 4 nitrogen and oxygen atoms in total. The first kappa shape index (κ1) is 18.9. The van der Waals surface area contributed by atoms with Crippen LogP contribution >= 0.6 is 0 Å². The fourth-order valence-corrected chi connectivity index (χ4v) is 3.55. The molecule has 4 heteroatoms. The quantitative estimate of drug-likeness (QED) is 0.641. The van der Waals surface area contributed by atoms with Gasteiger partial charge in [-0.1, -0.05) is 57.5 Å². The summed E-state index contributed by atoms with van der Waals surface area (Å²) >= 11 is 0. The predicted octanol–water partition coefficient (Wildman–Crippen LogP) is 3.03. The third-order valence-electron chi connectivity index (χ3n) is 5.08. The van der Waals surface area contributed by atoms with Crippen molar-refractivity contribution in [3.63, 3.8) is 0 Å². The zero-order valence-corrected chi connectivity index (χ0v) is 15.2. The number of carbonyl (C=O) groups is 1. The molecule has 0 saturated carbocycles. The number of carbonyl (C=O) groups excluding carboxylic acids is 1. The van der Waals surface area contributed by atoms with Crippen LogP contribution in [0.3, 0.4) is 0 Å². The van der Waals surface area contributed by atoms with Crippen LogP contribution in [0.25, 0.3) is 0 Å². The number of nitrogens with one attached hydrogen (secondary N) is 2. The van der Waals surface area contributed by atoms with Gasteiger partial charge in [-0.3, -0.25) is 4.79 Å². The van der Waals surface area contributed by atoms with E-state index in [1.807, 2.05) is 13.0 Å². The van der Waals surface area contributed by atoms with E-state index in [-0.39, 0.29) is 23.9 Å². The second-order valence-electron chi connectivity index (χ2n) is 7.22. The number of benzene rings is 1. The first-order valence-electron chi connectivity index (χ1n) is 9.29. The average molecular weight is 332 g/mol. The highest BCUT2D eigenvalue weighted by Crippen LogP contribution is 2.34. The average Bonchev–Trinajstić information content (AvgIpc) is 2.97. The molecule has 1 aromatic carbocycles. The summed E-state index contributed by atoms with van der Waals surface area (Å²) in [6, 6.07) is 10.7. The van der Waals surface area contributed by atoms with Gasteiger partial charge in [0.25, 0.3) is 0 Å². The lowest BCUT2D eigenvalue weighted by molar-refractivity contribution is -0.125. The van der Waals surface area contributed by atoms with Crippen molar-refractivity contribution >= 4 is 5.91 Å². The van der Waals surface area contributed by atoms with Crippen molar-refractivity contribution in [1.82, 2.24) is 10.6 Å². The first-order valence-corrected chi connectivity index (χ1v) is 9.29. The van der Waals surface area contributed by atoms with E-state index in [1.54, 1.807) is 0 Å². The first-order chi connectivity index (χ1) is 11.5. The third-order valence-corrected chi connectivity index (χ3v) is 5.08. The topological polar surface area (TPSA) is 61.4 Å². The van der Waals surface area contributed by atoms with E-state index in [2.05, 4.69) is 48.7 Å². The van der Waals surface area contributed by atoms with E-state index in [4.69, 9.17) is 0 Å². The summed E-state index contributed by atoms with van der Waals surface area (Å²) < 4.78 is 0. The second kappa shape index (κ2) is 9.19. The molecule has 1 amide bonds. The Morgan fingerprint density at radius 3 is 2.75 bits per heavy atom. The van der Waals surface area contributed by atoms with Gasteiger partial charge in [-0.2, -0.15) is 0 Å². The van der Waals surface area contributed by atoms with Crippen molar-refractivity contribution in [2.45, 2.75) is 64.6 Å². The Kier molecular flexibility index (Phi) is 7.25. The highest BCUT2D eigenvalue weighted by Gasteiger charge is 2.36. The molecule has 2 rings (SSSR count). The molecule has 1 aliphatic rings. The van der Waals surface area contributed by atoms with Crippen LogP contribution in [-0.2, 0) is 4.79 Å². The molecule has 5 unspecified atom stereocenters. The van der Waals surface area contributed by atoms with Gasteiger partial charge in [-0.05, 0) is 30.7 Å². The van der Waals surface area contributed by atoms with Crippen LogP contribution in [0.15, 0.2) is 30.3 Å². The lowest BCUT2D eigenvalue weighted by Gasteiger charge is -2.23. The minimum Gasteiger partial charge on any atom is -0.391 e. The maximum Gasteiger partial charge on any atom is 0.222 e. The fourth-order valence-electron chi connectivity index (χ4n) is 3.55. The van der Waals surface area contributed by atoms with Crippen molar-refractivity contribution in [3.05, 3.63) is 35.9 Å². The van der Waals surface area contributed by atoms with Gasteiger partial charge in [0.1, 0.15) is 0 Å². The van der Waals surface area contributed by atoms with Crippen LogP contribution in [0.2, 0.25) is 0 Å². The van der Waals surface area contributed by atoms with Crippen molar-refractivity contribution in [3.8, 4) is 0 Å². The summed E-state index contributed by atoms with van der Waals surface area (Å²) in [5.41, 5.74) is 1.27. The predicted molar refractivity (Wildman–Crippen MR) is 97.6 cm³/mol. The molecule has 0 radical (unpaired) electrons. The molecule has 0 bridgehead atoms. The zero-order valence-electron chi connectivity index (χ0n) is 15.2. The second-order valence-corrected chi connectivity index (χ2v) is 7.22. The molecule has 1 saturated heterocycles. The number of hydrogen-bond donors (Lipinski definition) is 3. The molecule has 134 valence electrons. The molecule has 0 aromatic heterocycles. The molecule has 1 heterocycles. The highest BCUT2D eigenvalue weighted by molar-refractivity contribution is 5.78. The standard InChI is InChI=1S/C20H32N2O2/c1-4-5-11-21-20(24)15(3)13-18(23)17-12-14(2)19(22-17)16-9-7-6-8-10-16/h6-10,14-15,17-19,22-23H,4-5,11-13H2,1-3H3,(H,21,24). The lowest BCUT2D eigenvalue weighted by Crippen LogP contribution is -2.39. The summed E-state index contributed by atoms with van der Waals surface area (Å²) in [4.78, 5) is 12.1. The van der Waals surface area contributed by atoms with Crippen molar-refractivity contribution in [2.24, 2.45) is 11.8 Å². The van der Waals surface area contributed by atoms with Crippen LogP contribution in [-0.4, -0.2) is 29.7 Å². The normalized spacial score (nSPS) is 26.1. The van der Waals surface area contributed by atoms with E-state index >= 15 is 0 Å². The molecule has 0 aliphatic carbocycles. The van der Waals surface area contributed by atoms with E-state index in [0.29, 0.717) is 12.3 Å². The third kappa shape index (κ3) is 5.05. The van der Waals surface area contributed by atoms with Crippen LogP contribution in [0, 0.1) is 11.8 Å². The Bertz CT molecular complexity index is 506. The fraction of sp³-hybridized carbons (Fsp3) is 0.650. The Balaban J connectivity index is 1.85. The van der Waals surface area contributed by atoms with Gasteiger partial charge < -0.3 is 15.7 Å². The lowest BCUT2D eigenvalue weighted by atomic mass is 9.92. The van der Waals surface area contributed by atoms with E-state index in [1.165, 1.54) is 5.56 Å². The zero-order chi connectivity index (χ0) is 17.5. The Hall–Kier alpha value is -1.39. The minimum absolute atomic E-state index is 0.0492. The molecule has 5 atom stereocenters. The largest absolute Gasteiger partial charge is 0.391 e. The molecule has 1 aliphatic heterocycles. The number of aliphatic hydroxyl groups is 1. The van der Waals surface area contributed by atoms with Crippen LogP contribution in [0.4, 0.5) is 0 Å². The SMILES string of the molecule is CCCCNC(=O)C(C)CC(O)C1CC(C)C(c2ccccc2)N1. The van der Waals surface area contributed by atoms with Gasteiger partial charge in [0.2, 0.25) is 5.91 Å². The van der Waals surface area contributed by atoms with Crippen molar-refractivity contribution in [2.75, 3.05) is 6.54 Å². The summed E-state index contributed by atoms with van der Waals surface area (Å²) in [7, 11) is 0. The van der Waals surface area contributed by atoms with Gasteiger partial charge in [0, 0.05) is 24.5 Å². The number of unbranched alkanes of at least 4 members (excludes halogenated alkanes) is 1. The van der Waals surface area contributed by atoms with Gasteiger partial charge >= 0.3 is 0 Å². The van der Waals surface area contributed by atoms with Crippen molar-refractivity contribution in [1.29, 1.82) is 0 Å². The van der Waals surface area contributed by atoms with Gasteiger partial charge in [0.15, 0.2) is 0 Å². The summed E-state index contributed by atoms with van der Waals surface area (Å²) in [5.74, 6) is 0.360. The molecule has 1 aromatic rings. The van der Waals surface area contributed by atoms with Gasteiger partial charge in [0.05, 0.1) is 6.10 Å². The van der Waals surface area contributed by atoms with Crippen molar-refractivity contribution < 1.29 is 9.90 Å². The van der Waals surface area contributed by atoms with Crippen LogP contribution < -0.4 is 10.6 Å². The number of rotatable bonds is 8. The molecular formula is C20H32N2O2. The Morgan fingerprint density at radius 1 is 1.38 bits per heavy atom. The summed E-state index contributed by atoms with van der Waals surface area (Å²) in [5, 5.41) is 17.1. The molecule has 24 heavy (non-hydrogen) atoms.